The minimum atomic E-state index is -0.492. The summed E-state index contributed by atoms with van der Waals surface area (Å²) >= 11 is 0. The molecule has 3 aromatic carbocycles. The molecular weight excluding hydrogens is 352 g/mol. The Hall–Kier alpha value is -3.02. The Kier molecular flexibility index (Phi) is 4.39. The van der Waals surface area contributed by atoms with Crippen LogP contribution < -0.4 is 14.8 Å². The molecule has 1 unspecified atom stereocenters. The molecule has 0 radical (unpaired) electrons. The SMILES string of the molecule is OC(CNCc1ccc2c(c1)OCO2)Cn1c2ccccc2c2ccccc21. The van der Waals surface area contributed by atoms with Gasteiger partial charge in [0.1, 0.15) is 0 Å². The minimum Gasteiger partial charge on any atom is -0.454 e. The van der Waals surface area contributed by atoms with Crippen molar-refractivity contribution in [3.05, 3.63) is 72.3 Å². The first kappa shape index (κ1) is 17.1. The summed E-state index contributed by atoms with van der Waals surface area (Å²) in [5.74, 6) is 1.57. The van der Waals surface area contributed by atoms with E-state index < -0.39 is 6.10 Å². The van der Waals surface area contributed by atoms with E-state index in [1.807, 2.05) is 30.3 Å². The smallest absolute Gasteiger partial charge is 0.231 e. The number of nitrogens with one attached hydrogen (secondary N) is 1. The van der Waals surface area contributed by atoms with E-state index in [4.69, 9.17) is 9.47 Å². The second-order valence-electron chi connectivity index (χ2n) is 7.12. The lowest BCUT2D eigenvalue weighted by molar-refractivity contribution is 0.154. The molecule has 2 N–H and O–H groups in total. The van der Waals surface area contributed by atoms with Gasteiger partial charge in [0.15, 0.2) is 11.5 Å². The van der Waals surface area contributed by atoms with Crippen LogP contribution in [0.5, 0.6) is 11.5 Å². The van der Waals surface area contributed by atoms with Gasteiger partial charge in [0, 0.05) is 34.9 Å². The molecule has 1 aromatic heterocycles. The van der Waals surface area contributed by atoms with Crippen molar-refractivity contribution in [2.45, 2.75) is 19.2 Å². The van der Waals surface area contributed by atoms with Gasteiger partial charge in [-0.1, -0.05) is 42.5 Å². The highest BCUT2D eigenvalue weighted by Crippen LogP contribution is 2.32. The Morgan fingerprint density at radius 3 is 2.32 bits per heavy atom. The van der Waals surface area contributed by atoms with Gasteiger partial charge in [0.25, 0.3) is 0 Å². The first-order chi connectivity index (χ1) is 13.8. The summed E-state index contributed by atoms with van der Waals surface area (Å²) in [4.78, 5) is 0. The van der Waals surface area contributed by atoms with Crippen molar-refractivity contribution in [2.75, 3.05) is 13.3 Å². The molecule has 0 saturated carbocycles. The van der Waals surface area contributed by atoms with Crippen molar-refractivity contribution in [1.29, 1.82) is 0 Å². The van der Waals surface area contributed by atoms with E-state index >= 15 is 0 Å². The number of fused-ring (bicyclic) bond motifs is 4. The predicted molar refractivity (Wildman–Crippen MR) is 110 cm³/mol. The van der Waals surface area contributed by atoms with Crippen molar-refractivity contribution in [3.63, 3.8) is 0 Å². The van der Waals surface area contributed by atoms with Gasteiger partial charge in [-0.15, -0.1) is 0 Å². The predicted octanol–water partition coefficient (Wildman–Crippen LogP) is 3.67. The van der Waals surface area contributed by atoms with E-state index in [0.29, 0.717) is 19.6 Å². The molecule has 1 aliphatic heterocycles. The molecule has 0 bridgehead atoms. The number of ether oxygens (including phenoxy) is 2. The summed E-state index contributed by atoms with van der Waals surface area (Å²) < 4.78 is 13.0. The third-order valence-electron chi connectivity index (χ3n) is 5.22. The Bertz CT molecular complexity index is 1080. The average molecular weight is 374 g/mol. The molecule has 1 atom stereocenters. The second-order valence-corrected chi connectivity index (χ2v) is 7.12. The zero-order chi connectivity index (χ0) is 18.9. The van der Waals surface area contributed by atoms with E-state index in [1.165, 1.54) is 10.8 Å². The number of aromatic nitrogens is 1. The number of para-hydroxylation sites is 2. The number of hydrogen-bond donors (Lipinski definition) is 2. The molecule has 5 nitrogen and oxygen atoms in total. The van der Waals surface area contributed by atoms with E-state index in [-0.39, 0.29) is 6.79 Å². The molecule has 0 aliphatic carbocycles. The van der Waals surface area contributed by atoms with Crippen molar-refractivity contribution in [1.82, 2.24) is 9.88 Å². The summed E-state index contributed by atoms with van der Waals surface area (Å²) in [5, 5.41) is 16.4. The molecule has 142 valence electrons. The highest BCUT2D eigenvalue weighted by molar-refractivity contribution is 6.07. The van der Waals surface area contributed by atoms with Crippen molar-refractivity contribution >= 4 is 21.8 Å². The van der Waals surface area contributed by atoms with Crippen LogP contribution in [0.15, 0.2) is 66.7 Å². The maximum atomic E-state index is 10.6. The Morgan fingerprint density at radius 1 is 0.893 bits per heavy atom. The molecule has 5 rings (SSSR count). The van der Waals surface area contributed by atoms with Gasteiger partial charge in [0.05, 0.1) is 12.6 Å². The monoisotopic (exact) mass is 374 g/mol. The fourth-order valence-corrected chi connectivity index (χ4v) is 3.91. The van der Waals surface area contributed by atoms with Gasteiger partial charge >= 0.3 is 0 Å². The molecule has 0 fully saturated rings. The van der Waals surface area contributed by atoms with Gasteiger partial charge in [-0.2, -0.15) is 0 Å². The normalized spacial score (nSPS) is 14.0. The fourth-order valence-electron chi connectivity index (χ4n) is 3.91. The lowest BCUT2D eigenvalue weighted by atomic mass is 10.2. The van der Waals surface area contributed by atoms with Crippen LogP contribution >= 0.6 is 0 Å². The van der Waals surface area contributed by atoms with Crippen molar-refractivity contribution in [3.8, 4) is 11.5 Å². The molecule has 28 heavy (non-hydrogen) atoms. The Balaban J connectivity index is 1.28. The van der Waals surface area contributed by atoms with Crippen LogP contribution in [-0.2, 0) is 13.1 Å². The quantitative estimate of drug-likeness (QED) is 0.541. The van der Waals surface area contributed by atoms with Crippen LogP contribution in [0.4, 0.5) is 0 Å². The molecule has 1 aliphatic rings. The molecule has 0 saturated heterocycles. The highest BCUT2D eigenvalue weighted by Gasteiger charge is 2.15. The van der Waals surface area contributed by atoms with E-state index in [2.05, 4.69) is 46.3 Å². The Labute approximate surface area is 163 Å². The maximum absolute atomic E-state index is 10.6. The number of rotatable bonds is 6. The number of hydrogen-bond acceptors (Lipinski definition) is 4. The van der Waals surface area contributed by atoms with Crippen LogP contribution in [-0.4, -0.2) is 29.1 Å². The second kappa shape index (κ2) is 7.19. The largest absolute Gasteiger partial charge is 0.454 e. The number of aliphatic hydroxyl groups excluding tert-OH is 1. The van der Waals surface area contributed by atoms with Crippen molar-refractivity contribution < 1.29 is 14.6 Å². The molecule has 2 heterocycles. The Morgan fingerprint density at radius 2 is 1.57 bits per heavy atom. The van der Waals surface area contributed by atoms with Crippen LogP contribution in [0.25, 0.3) is 21.8 Å². The zero-order valence-electron chi connectivity index (χ0n) is 15.5. The van der Waals surface area contributed by atoms with Gasteiger partial charge in [-0.05, 0) is 29.8 Å². The van der Waals surface area contributed by atoms with Gasteiger partial charge in [-0.3, -0.25) is 0 Å². The first-order valence-corrected chi connectivity index (χ1v) is 9.53. The number of aliphatic hydroxyl groups is 1. The highest BCUT2D eigenvalue weighted by atomic mass is 16.7. The maximum Gasteiger partial charge on any atom is 0.231 e. The van der Waals surface area contributed by atoms with E-state index in [1.54, 1.807) is 0 Å². The van der Waals surface area contributed by atoms with E-state index in [9.17, 15) is 5.11 Å². The number of nitrogens with zero attached hydrogens (tertiary/aromatic N) is 1. The van der Waals surface area contributed by atoms with Crippen LogP contribution in [0.2, 0.25) is 0 Å². The van der Waals surface area contributed by atoms with E-state index in [0.717, 1.165) is 28.1 Å². The summed E-state index contributed by atoms with van der Waals surface area (Å²) in [6, 6.07) is 22.6. The summed E-state index contributed by atoms with van der Waals surface area (Å²) in [5.41, 5.74) is 3.41. The van der Waals surface area contributed by atoms with Crippen LogP contribution in [0, 0.1) is 0 Å². The van der Waals surface area contributed by atoms with Gasteiger partial charge in [-0.25, -0.2) is 0 Å². The molecule has 0 amide bonds. The molecule has 4 aromatic rings. The standard InChI is InChI=1S/C23H22N2O3/c26-17(13-24-12-16-9-10-22-23(11-16)28-15-27-22)14-25-20-7-3-1-5-18(20)19-6-2-4-8-21(19)25/h1-11,17,24,26H,12-15H2. The first-order valence-electron chi connectivity index (χ1n) is 9.53. The topological polar surface area (TPSA) is 55.6 Å². The third-order valence-corrected chi connectivity index (χ3v) is 5.22. The molecule has 5 heteroatoms. The lowest BCUT2D eigenvalue weighted by Crippen LogP contribution is -2.29. The van der Waals surface area contributed by atoms with Gasteiger partial charge < -0.3 is 24.5 Å². The molecular formula is C23H22N2O3. The summed E-state index contributed by atoms with van der Waals surface area (Å²) in [7, 11) is 0. The summed E-state index contributed by atoms with van der Waals surface area (Å²) in [6.45, 7) is 2.00. The lowest BCUT2D eigenvalue weighted by Gasteiger charge is -2.15. The van der Waals surface area contributed by atoms with Crippen LogP contribution in [0.3, 0.4) is 0 Å². The number of benzene rings is 3. The zero-order valence-corrected chi connectivity index (χ0v) is 15.5. The summed E-state index contributed by atoms with van der Waals surface area (Å²) in [6.07, 6.45) is -0.492. The minimum absolute atomic E-state index is 0.281. The fraction of sp³-hybridized carbons (Fsp3) is 0.217. The average Bonchev–Trinajstić information content (AvgIpc) is 3.31. The molecule has 0 spiro atoms. The van der Waals surface area contributed by atoms with Gasteiger partial charge in [0.2, 0.25) is 6.79 Å². The van der Waals surface area contributed by atoms with Crippen molar-refractivity contribution in [2.24, 2.45) is 0 Å². The third kappa shape index (κ3) is 3.09. The van der Waals surface area contributed by atoms with Crippen LogP contribution in [0.1, 0.15) is 5.56 Å².